The van der Waals surface area contributed by atoms with Crippen molar-refractivity contribution in [3.8, 4) is 5.75 Å². The molecular weight excluding hydrogens is 509 g/mol. The van der Waals surface area contributed by atoms with Crippen LogP contribution in [0.4, 0.5) is 0 Å². The summed E-state index contributed by atoms with van der Waals surface area (Å²) in [5.74, 6) is -0.309. The predicted molar refractivity (Wildman–Crippen MR) is 144 cm³/mol. The number of para-hydroxylation sites is 1. The molecule has 0 aliphatic heterocycles. The Balaban J connectivity index is 1.63. The zero-order valence-electron chi connectivity index (χ0n) is 19.9. The minimum absolute atomic E-state index is 0.168. The Bertz CT molecular complexity index is 1320. The van der Waals surface area contributed by atoms with Crippen LogP contribution in [0.25, 0.3) is 0 Å². The van der Waals surface area contributed by atoms with E-state index in [-0.39, 0.29) is 31.5 Å². The van der Waals surface area contributed by atoms with Gasteiger partial charge >= 0.3 is 0 Å². The van der Waals surface area contributed by atoms with Crippen LogP contribution >= 0.6 is 23.2 Å². The van der Waals surface area contributed by atoms with Crippen LogP contribution in [0.15, 0.2) is 103 Å². The summed E-state index contributed by atoms with van der Waals surface area (Å²) in [6.07, 6.45) is 3.36. The van der Waals surface area contributed by atoms with Crippen molar-refractivity contribution in [3.05, 3.63) is 130 Å². The molecule has 4 rings (SSSR count). The summed E-state index contributed by atoms with van der Waals surface area (Å²) >= 11 is 12.3. The van der Waals surface area contributed by atoms with Gasteiger partial charge < -0.3 is 15.0 Å². The molecule has 0 saturated carbocycles. The molecule has 0 fully saturated rings. The summed E-state index contributed by atoms with van der Waals surface area (Å²) in [6, 6.07) is 26.0. The first-order chi connectivity index (χ1) is 18.0. The fourth-order valence-corrected chi connectivity index (χ4v) is 4.11. The van der Waals surface area contributed by atoms with E-state index in [4.69, 9.17) is 27.9 Å². The molecular formula is C29H25Cl2N3O3. The topological polar surface area (TPSA) is 71.5 Å². The molecule has 6 nitrogen and oxygen atoms in total. The van der Waals surface area contributed by atoms with Crippen LogP contribution < -0.4 is 10.1 Å². The third kappa shape index (κ3) is 7.32. The molecule has 0 aliphatic rings. The maximum absolute atomic E-state index is 13.6. The van der Waals surface area contributed by atoms with Gasteiger partial charge in [0, 0.05) is 30.5 Å². The second kappa shape index (κ2) is 12.9. The number of amides is 2. The number of benzene rings is 3. The summed E-state index contributed by atoms with van der Waals surface area (Å²) in [5, 5.41) is 3.93. The first-order valence-electron chi connectivity index (χ1n) is 11.6. The van der Waals surface area contributed by atoms with Gasteiger partial charge in [0.05, 0.1) is 5.02 Å². The minimum Gasteiger partial charge on any atom is -0.482 e. The Kier molecular flexibility index (Phi) is 9.13. The van der Waals surface area contributed by atoms with Crippen molar-refractivity contribution in [1.29, 1.82) is 0 Å². The van der Waals surface area contributed by atoms with Gasteiger partial charge in [0.2, 0.25) is 5.91 Å². The van der Waals surface area contributed by atoms with Crippen molar-refractivity contribution < 1.29 is 14.3 Å². The van der Waals surface area contributed by atoms with Gasteiger partial charge in [-0.25, -0.2) is 0 Å². The number of hydrogen-bond donors (Lipinski definition) is 1. The lowest BCUT2D eigenvalue weighted by atomic mass is 10.0. The van der Waals surface area contributed by atoms with E-state index in [1.807, 2.05) is 48.5 Å². The summed E-state index contributed by atoms with van der Waals surface area (Å²) in [7, 11) is 0. The number of aromatic nitrogens is 1. The SMILES string of the molecule is O=C(NCc1cccnc1)[C@@H](c1ccccc1)N(Cc1ccc(Cl)cc1)C(=O)COc1ccccc1Cl. The second-order valence-electron chi connectivity index (χ2n) is 8.26. The van der Waals surface area contributed by atoms with Crippen LogP contribution in [0.3, 0.4) is 0 Å². The van der Waals surface area contributed by atoms with Crippen molar-refractivity contribution in [1.82, 2.24) is 15.2 Å². The van der Waals surface area contributed by atoms with E-state index in [2.05, 4.69) is 10.3 Å². The zero-order valence-corrected chi connectivity index (χ0v) is 21.4. The minimum atomic E-state index is -0.907. The molecule has 0 spiro atoms. The van der Waals surface area contributed by atoms with E-state index < -0.39 is 6.04 Å². The van der Waals surface area contributed by atoms with E-state index in [1.54, 1.807) is 54.9 Å². The van der Waals surface area contributed by atoms with Gasteiger partial charge in [-0.2, -0.15) is 0 Å². The fraction of sp³-hybridized carbons (Fsp3) is 0.138. The van der Waals surface area contributed by atoms with E-state index in [0.29, 0.717) is 21.4 Å². The Morgan fingerprint density at radius 3 is 2.30 bits per heavy atom. The van der Waals surface area contributed by atoms with E-state index in [0.717, 1.165) is 11.1 Å². The Hall–Kier alpha value is -3.87. The molecule has 3 aromatic carbocycles. The molecule has 37 heavy (non-hydrogen) atoms. The van der Waals surface area contributed by atoms with Gasteiger partial charge in [0.25, 0.3) is 5.91 Å². The number of nitrogens with one attached hydrogen (secondary N) is 1. The molecule has 0 radical (unpaired) electrons. The fourth-order valence-electron chi connectivity index (χ4n) is 3.79. The maximum atomic E-state index is 13.6. The first-order valence-corrected chi connectivity index (χ1v) is 12.4. The maximum Gasteiger partial charge on any atom is 0.261 e. The van der Waals surface area contributed by atoms with Crippen LogP contribution in [0.2, 0.25) is 10.0 Å². The third-order valence-electron chi connectivity index (χ3n) is 5.64. The smallest absolute Gasteiger partial charge is 0.261 e. The van der Waals surface area contributed by atoms with Gasteiger partial charge in [0.15, 0.2) is 6.61 Å². The Labute approximate surface area is 225 Å². The van der Waals surface area contributed by atoms with Crippen LogP contribution in [-0.4, -0.2) is 28.3 Å². The average molecular weight is 534 g/mol. The lowest BCUT2D eigenvalue weighted by molar-refractivity contribution is -0.143. The molecule has 1 aromatic heterocycles. The zero-order chi connectivity index (χ0) is 26.0. The number of nitrogens with zero attached hydrogens (tertiary/aromatic N) is 2. The molecule has 2 amide bonds. The molecule has 0 saturated heterocycles. The molecule has 188 valence electrons. The highest BCUT2D eigenvalue weighted by atomic mass is 35.5. The molecule has 0 bridgehead atoms. The lowest BCUT2D eigenvalue weighted by Crippen LogP contribution is -2.45. The monoisotopic (exact) mass is 533 g/mol. The first kappa shape index (κ1) is 26.2. The molecule has 8 heteroatoms. The summed E-state index contributed by atoms with van der Waals surface area (Å²) < 4.78 is 5.75. The van der Waals surface area contributed by atoms with Crippen LogP contribution in [0.5, 0.6) is 5.75 Å². The Morgan fingerprint density at radius 1 is 0.865 bits per heavy atom. The van der Waals surface area contributed by atoms with Gasteiger partial charge in [-0.1, -0.05) is 83.9 Å². The molecule has 4 aromatic rings. The predicted octanol–water partition coefficient (Wildman–Crippen LogP) is 5.85. The molecule has 1 atom stereocenters. The number of rotatable bonds is 10. The lowest BCUT2D eigenvalue weighted by Gasteiger charge is -2.31. The highest BCUT2D eigenvalue weighted by Gasteiger charge is 2.32. The van der Waals surface area contributed by atoms with Crippen LogP contribution in [0.1, 0.15) is 22.7 Å². The second-order valence-corrected chi connectivity index (χ2v) is 9.10. The molecule has 0 unspecified atom stereocenters. The van der Waals surface area contributed by atoms with E-state index in [9.17, 15) is 9.59 Å². The third-order valence-corrected chi connectivity index (χ3v) is 6.20. The highest BCUT2D eigenvalue weighted by molar-refractivity contribution is 6.32. The van der Waals surface area contributed by atoms with Crippen molar-refractivity contribution >= 4 is 35.0 Å². The van der Waals surface area contributed by atoms with Crippen LogP contribution in [0, 0.1) is 0 Å². The number of hydrogen-bond acceptors (Lipinski definition) is 4. The van der Waals surface area contributed by atoms with Crippen molar-refractivity contribution in [2.45, 2.75) is 19.1 Å². The van der Waals surface area contributed by atoms with Gasteiger partial charge in [-0.05, 0) is 47.0 Å². The molecule has 1 N–H and O–H groups in total. The normalized spacial score (nSPS) is 11.4. The van der Waals surface area contributed by atoms with Crippen LogP contribution in [-0.2, 0) is 22.7 Å². The van der Waals surface area contributed by atoms with Gasteiger partial charge in [-0.15, -0.1) is 0 Å². The number of carbonyl (C=O) groups excluding carboxylic acids is 2. The quantitative estimate of drug-likeness (QED) is 0.277. The molecule has 1 heterocycles. The standard InChI is InChI=1S/C29H25Cl2N3O3/c30-24-14-12-21(13-15-24)19-34(27(35)20-37-26-11-5-4-10-25(26)31)28(23-8-2-1-3-9-23)29(36)33-18-22-7-6-16-32-17-22/h1-17,28H,18-20H2,(H,33,36)/t28-/m1/s1. The van der Waals surface area contributed by atoms with Gasteiger partial charge in [0.1, 0.15) is 11.8 Å². The summed E-state index contributed by atoms with van der Waals surface area (Å²) in [6.45, 7) is 0.146. The van der Waals surface area contributed by atoms with Crippen molar-refractivity contribution in [3.63, 3.8) is 0 Å². The van der Waals surface area contributed by atoms with Crippen molar-refractivity contribution in [2.24, 2.45) is 0 Å². The number of ether oxygens (including phenoxy) is 1. The Morgan fingerprint density at radius 2 is 1.59 bits per heavy atom. The van der Waals surface area contributed by atoms with Crippen molar-refractivity contribution in [2.75, 3.05) is 6.61 Å². The van der Waals surface area contributed by atoms with E-state index >= 15 is 0 Å². The number of carbonyl (C=O) groups is 2. The summed E-state index contributed by atoms with van der Waals surface area (Å²) in [5.41, 5.74) is 2.34. The number of halogens is 2. The number of pyridine rings is 1. The summed E-state index contributed by atoms with van der Waals surface area (Å²) in [4.78, 5) is 32.9. The largest absolute Gasteiger partial charge is 0.482 e. The average Bonchev–Trinajstić information content (AvgIpc) is 2.93. The van der Waals surface area contributed by atoms with E-state index in [1.165, 1.54) is 4.90 Å². The van der Waals surface area contributed by atoms with Gasteiger partial charge in [-0.3, -0.25) is 14.6 Å². The highest BCUT2D eigenvalue weighted by Crippen LogP contribution is 2.27. The molecule has 0 aliphatic carbocycles.